The summed E-state index contributed by atoms with van der Waals surface area (Å²) in [5.74, 6) is 1.03. The van der Waals surface area contributed by atoms with E-state index in [1.54, 1.807) is 20.9 Å². The topological polar surface area (TPSA) is 61.8 Å². The largest absolute Gasteiger partial charge is 0.356 e. The first-order chi connectivity index (χ1) is 9.34. The van der Waals surface area contributed by atoms with E-state index in [0.29, 0.717) is 13.1 Å². The molecule has 1 aliphatic rings. The van der Waals surface area contributed by atoms with Gasteiger partial charge in [-0.05, 0) is 20.3 Å². The molecule has 1 heterocycles. The van der Waals surface area contributed by atoms with Crippen molar-refractivity contribution in [1.82, 2.24) is 10.2 Å². The quantitative estimate of drug-likeness (QED) is 0.314. The molecule has 0 unspecified atom stereocenters. The molecule has 0 radical (unpaired) electrons. The number of hydrogen-bond donors (Lipinski definition) is 1. The number of unbranched alkanes of at least 4 members (excludes halogenated alkanes) is 3. The van der Waals surface area contributed by atoms with E-state index in [9.17, 15) is 8.42 Å². The smallest absolute Gasteiger partial charge is 0.193 e. The molecule has 0 bridgehead atoms. The molecule has 126 valence electrons. The Balaban J connectivity index is 0.00000400. The fraction of sp³-hybridized carbons (Fsp3) is 0.929. The zero-order valence-corrected chi connectivity index (χ0v) is 16.8. The number of guanidine groups is 1. The lowest BCUT2D eigenvalue weighted by atomic mass is 10.2. The van der Waals surface area contributed by atoms with Gasteiger partial charge < -0.3 is 10.2 Å². The summed E-state index contributed by atoms with van der Waals surface area (Å²) in [6.07, 6.45) is 4.84. The summed E-state index contributed by atoms with van der Waals surface area (Å²) in [6, 6.07) is 0. The third-order valence-corrected chi connectivity index (χ3v) is 6.40. The van der Waals surface area contributed by atoms with E-state index in [1.165, 1.54) is 19.3 Å². The van der Waals surface area contributed by atoms with Gasteiger partial charge in [0, 0.05) is 26.7 Å². The molecular formula is C14H30IN3O2S. The highest BCUT2D eigenvalue weighted by atomic mass is 127. The van der Waals surface area contributed by atoms with Gasteiger partial charge in [-0.15, -0.1) is 24.0 Å². The van der Waals surface area contributed by atoms with Crippen molar-refractivity contribution in [1.29, 1.82) is 0 Å². The molecule has 0 aromatic rings. The van der Waals surface area contributed by atoms with E-state index in [1.807, 2.05) is 0 Å². The minimum Gasteiger partial charge on any atom is -0.356 e. The van der Waals surface area contributed by atoms with Crippen molar-refractivity contribution < 1.29 is 8.42 Å². The molecule has 0 amide bonds. The second-order valence-electron chi connectivity index (χ2n) is 6.03. The lowest BCUT2D eigenvalue weighted by molar-refractivity contribution is 0.353. The first-order valence-electron chi connectivity index (χ1n) is 7.52. The van der Waals surface area contributed by atoms with Gasteiger partial charge in [0.1, 0.15) is 0 Å². The van der Waals surface area contributed by atoms with Crippen LogP contribution in [0.4, 0.5) is 0 Å². The maximum atomic E-state index is 12.0. The van der Waals surface area contributed by atoms with Crippen LogP contribution in [0.3, 0.4) is 0 Å². The Morgan fingerprint density at radius 1 is 1.29 bits per heavy atom. The van der Waals surface area contributed by atoms with Gasteiger partial charge in [0.25, 0.3) is 0 Å². The average molecular weight is 431 g/mol. The maximum absolute atomic E-state index is 12.0. The van der Waals surface area contributed by atoms with Crippen LogP contribution in [0.2, 0.25) is 0 Å². The Labute approximate surface area is 146 Å². The second-order valence-corrected chi connectivity index (χ2v) is 8.78. The number of aliphatic imine (C=N–C) groups is 1. The summed E-state index contributed by atoms with van der Waals surface area (Å²) in [5, 5.41) is 3.34. The monoisotopic (exact) mass is 431 g/mol. The highest BCUT2D eigenvalue weighted by Gasteiger charge is 2.40. The van der Waals surface area contributed by atoms with Gasteiger partial charge in [-0.1, -0.05) is 26.2 Å². The normalized spacial score (nSPS) is 20.8. The van der Waals surface area contributed by atoms with Gasteiger partial charge in [-0.2, -0.15) is 0 Å². The summed E-state index contributed by atoms with van der Waals surface area (Å²) in [6.45, 7) is 7.72. The van der Waals surface area contributed by atoms with Crippen LogP contribution in [-0.4, -0.2) is 56.5 Å². The number of nitrogens with zero attached hydrogens (tertiary/aromatic N) is 2. The van der Waals surface area contributed by atoms with Crippen LogP contribution < -0.4 is 5.32 Å². The fourth-order valence-corrected chi connectivity index (χ4v) is 3.77. The van der Waals surface area contributed by atoms with E-state index in [-0.39, 0.29) is 29.7 Å². The van der Waals surface area contributed by atoms with Crippen LogP contribution in [0.15, 0.2) is 4.99 Å². The summed E-state index contributed by atoms with van der Waals surface area (Å²) >= 11 is 0. The number of halogens is 1. The van der Waals surface area contributed by atoms with E-state index >= 15 is 0 Å². The first-order valence-corrected chi connectivity index (χ1v) is 9.17. The van der Waals surface area contributed by atoms with Crippen LogP contribution in [-0.2, 0) is 9.84 Å². The summed E-state index contributed by atoms with van der Waals surface area (Å²) in [7, 11) is -1.24. The van der Waals surface area contributed by atoms with Crippen LogP contribution >= 0.6 is 24.0 Å². The van der Waals surface area contributed by atoms with Gasteiger partial charge >= 0.3 is 0 Å². The molecule has 1 fully saturated rings. The Morgan fingerprint density at radius 3 is 2.48 bits per heavy atom. The summed E-state index contributed by atoms with van der Waals surface area (Å²) in [4.78, 5) is 6.34. The second kappa shape index (κ2) is 9.17. The molecule has 0 spiro atoms. The zero-order valence-electron chi connectivity index (χ0n) is 13.7. The van der Waals surface area contributed by atoms with Crippen molar-refractivity contribution >= 4 is 39.8 Å². The van der Waals surface area contributed by atoms with Crippen molar-refractivity contribution in [2.45, 2.75) is 51.2 Å². The predicted molar refractivity (Wildman–Crippen MR) is 100 cm³/mol. The molecule has 1 N–H and O–H groups in total. The number of nitrogens with one attached hydrogen (secondary N) is 1. The molecule has 1 rings (SSSR count). The number of sulfone groups is 1. The molecule has 5 nitrogen and oxygen atoms in total. The molecule has 0 aromatic heterocycles. The lowest BCUT2D eigenvalue weighted by Crippen LogP contribution is -2.57. The predicted octanol–water partition coefficient (Wildman–Crippen LogP) is 2.27. The van der Waals surface area contributed by atoms with Gasteiger partial charge in [-0.3, -0.25) is 4.99 Å². The van der Waals surface area contributed by atoms with Gasteiger partial charge in [0.15, 0.2) is 15.8 Å². The fourth-order valence-electron chi connectivity index (χ4n) is 2.41. The highest BCUT2D eigenvalue weighted by Crippen LogP contribution is 2.23. The number of hydrogen-bond acceptors (Lipinski definition) is 3. The Hall–Kier alpha value is -0.0500. The van der Waals surface area contributed by atoms with Crippen molar-refractivity contribution in [3.63, 3.8) is 0 Å². The van der Waals surface area contributed by atoms with E-state index in [2.05, 4.69) is 22.1 Å². The van der Waals surface area contributed by atoms with Gasteiger partial charge in [0.2, 0.25) is 0 Å². The van der Waals surface area contributed by atoms with Crippen molar-refractivity contribution in [3.05, 3.63) is 0 Å². The molecule has 0 aromatic carbocycles. The highest BCUT2D eigenvalue weighted by molar-refractivity contribution is 14.0. The first kappa shape index (κ1) is 20.9. The lowest BCUT2D eigenvalue weighted by Gasteiger charge is -2.39. The minimum absolute atomic E-state index is 0. The average Bonchev–Trinajstić information content (AvgIpc) is 2.37. The van der Waals surface area contributed by atoms with Crippen molar-refractivity contribution in [2.75, 3.05) is 32.4 Å². The summed E-state index contributed by atoms with van der Waals surface area (Å²) in [5.41, 5.74) is 0. The molecular weight excluding hydrogens is 401 g/mol. The van der Waals surface area contributed by atoms with E-state index in [0.717, 1.165) is 18.9 Å². The van der Waals surface area contributed by atoms with Crippen LogP contribution in [0, 0.1) is 0 Å². The van der Waals surface area contributed by atoms with Crippen molar-refractivity contribution in [3.8, 4) is 0 Å². The molecule has 7 heteroatoms. The molecule has 0 atom stereocenters. The maximum Gasteiger partial charge on any atom is 0.193 e. The number of rotatable bonds is 5. The van der Waals surface area contributed by atoms with Crippen LogP contribution in [0.1, 0.15) is 46.5 Å². The molecule has 0 aliphatic carbocycles. The van der Waals surface area contributed by atoms with Crippen LogP contribution in [0.25, 0.3) is 0 Å². The Kier molecular flexibility index (Phi) is 9.15. The third-order valence-electron chi connectivity index (χ3n) is 3.87. The molecule has 0 saturated carbocycles. The van der Waals surface area contributed by atoms with Gasteiger partial charge in [-0.25, -0.2) is 8.42 Å². The molecule has 21 heavy (non-hydrogen) atoms. The van der Waals surface area contributed by atoms with Crippen molar-refractivity contribution in [2.24, 2.45) is 4.99 Å². The van der Waals surface area contributed by atoms with Gasteiger partial charge in [0.05, 0.1) is 10.5 Å². The van der Waals surface area contributed by atoms with E-state index in [4.69, 9.17) is 0 Å². The standard InChI is InChI=1S/C14H29N3O2S.HI/c1-5-6-7-8-9-16-13(15-4)17-10-11-20(18,19)14(2,3)12-17;/h5-12H2,1-4H3,(H,15,16);1H. The molecule has 1 saturated heterocycles. The minimum atomic E-state index is -2.99. The third kappa shape index (κ3) is 5.92. The summed E-state index contributed by atoms with van der Waals surface area (Å²) < 4.78 is 23.3. The van der Waals surface area contributed by atoms with E-state index < -0.39 is 14.6 Å². The zero-order chi connectivity index (χ0) is 15.2. The SMILES string of the molecule is CCCCCCNC(=NC)N1CCS(=O)(=O)C(C)(C)C1.I. The Morgan fingerprint density at radius 2 is 1.95 bits per heavy atom. The Bertz CT molecular complexity index is 436. The molecule has 1 aliphatic heterocycles. The van der Waals surface area contributed by atoms with Crippen LogP contribution in [0.5, 0.6) is 0 Å².